The van der Waals surface area contributed by atoms with Crippen molar-refractivity contribution in [2.75, 3.05) is 20.8 Å². The van der Waals surface area contributed by atoms with Crippen molar-refractivity contribution in [3.8, 4) is 29.9 Å². The molecule has 0 spiro atoms. The third-order valence-corrected chi connectivity index (χ3v) is 9.91. The van der Waals surface area contributed by atoms with Crippen molar-refractivity contribution in [3.63, 3.8) is 0 Å². The summed E-state index contributed by atoms with van der Waals surface area (Å²) in [7, 11) is 1.91. The highest BCUT2D eigenvalue weighted by Crippen LogP contribution is 2.47. The second kappa shape index (κ2) is 17.8. The average molecular weight is 665 g/mol. The molecule has 0 saturated heterocycles. The van der Waals surface area contributed by atoms with Crippen molar-refractivity contribution in [1.82, 2.24) is 4.67 Å². The minimum absolute atomic E-state index is 0.196. The molecule has 0 saturated carbocycles. The van der Waals surface area contributed by atoms with E-state index in [1.807, 2.05) is 78.9 Å². The van der Waals surface area contributed by atoms with Crippen molar-refractivity contribution in [2.45, 2.75) is 65.0 Å². The molecule has 0 N–H and O–H groups in total. The molecule has 0 aliphatic heterocycles. The van der Waals surface area contributed by atoms with Crippen LogP contribution in [0.3, 0.4) is 0 Å². The predicted octanol–water partition coefficient (Wildman–Crippen LogP) is 8.99. The molecule has 7 nitrogen and oxygen atoms in total. The topological polar surface area (TPSA) is 73.2 Å². The van der Waals surface area contributed by atoms with Crippen LogP contribution in [0.4, 0.5) is 0 Å². The standard InChI is InChI=1S/C40H45N2O5P/c1-8-32-25-33(27-34(26-32)29-47-48(46-24-12-23-41)42(30(2)3)31(4)5)28-45-40(35-13-10-9-11-14-35,36-15-19-38(43-6)20-16-36)37-17-21-39(44-7)22-18-37/h1,9-11,13-22,25-27,30-31H,12,24,28-29H2,2-7H3. The zero-order chi connectivity index (χ0) is 34.5. The van der Waals surface area contributed by atoms with E-state index in [0.29, 0.717) is 13.0 Å². The van der Waals surface area contributed by atoms with Crippen molar-refractivity contribution in [2.24, 2.45) is 0 Å². The van der Waals surface area contributed by atoms with Gasteiger partial charge in [-0.2, -0.15) is 5.26 Å². The van der Waals surface area contributed by atoms with Gasteiger partial charge in [0.05, 0.1) is 46.5 Å². The maximum absolute atomic E-state index is 9.09. The summed E-state index contributed by atoms with van der Waals surface area (Å²) in [4.78, 5) is 0. The third kappa shape index (κ3) is 9.03. The van der Waals surface area contributed by atoms with Gasteiger partial charge in [0.25, 0.3) is 8.53 Å². The highest BCUT2D eigenvalue weighted by Gasteiger charge is 2.38. The summed E-state index contributed by atoms with van der Waals surface area (Å²) in [5.41, 5.74) is 4.43. The van der Waals surface area contributed by atoms with Gasteiger partial charge in [0, 0.05) is 17.6 Å². The van der Waals surface area contributed by atoms with Crippen LogP contribution in [0.5, 0.6) is 11.5 Å². The fourth-order valence-corrected chi connectivity index (χ4v) is 7.32. The first-order valence-corrected chi connectivity index (χ1v) is 17.2. The molecular weight excluding hydrogens is 619 g/mol. The first-order chi connectivity index (χ1) is 23.2. The van der Waals surface area contributed by atoms with Gasteiger partial charge in [-0.15, -0.1) is 6.42 Å². The molecule has 0 radical (unpaired) electrons. The second-order valence-electron chi connectivity index (χ2n) is 11.8. The molecule has 0 aliphatic carbocycles. The van der Waals surface area contributed by atoms with Crippen molar-refractivity contribution < 1.29 is 23.3 Å². The summed E-state index contributed by atoms with van der Waals surface area (Å²) in [6.45, 7) is 9.32. The monoisotopic (exact) mass is 664 g/mol. The molecule has 4 aromatic carbocycles. The molecule has 0 aromatic heterocycles. The Balaban J connectivity index is 1.72. The quantitative estimate of drug-likeness (QED) is 0.0483. The van der Waals surface area contributed by atoms with Crippen LogP contribution in [0.2, 0.25) is 0 Å². The summed E-state index contributed by atoms with van der Waals surface area (Å²) in [5, 5.41) is 9.09. The molecule has 1 atom stereocenters. The Kier molecular flexibility index (Phi) is 13.6. The van der Waals surface area contributed by atoms with Gasteiger partial charge in [-0.1, -0.05) is 66.6 Å². The Morgan fingerprint density at radius 1 is 0.729 bits per heavy atom. The van der Waals surface area contributed by atoms with Crippen molar-refractivity contribution in [1.29, 1.82) is 5.26 Å². The number of terminal acetylenes is 1. The number of nitrogens with zero attached hydrogens (tertiary/aromatic N) is 2. The van der Waals surface area contributed by atoms with Gasteiger partial charge < -0.3 is 23.3 Å². The molecule has 8 heteroatoms. The first kappa shape index (κ1) is 36.6. The van der Waals surface area contributed by atoms with E-state index in [-0.39, 0.29) is 25.3 Å². The maximum atomic E-state index is 9.09. The number of benzene rings is 4. The van der Waals surface area contributed by atoms with Crippen LogP contribution in [0, 0.1) is 23.7 Å². The van der Waals surface area contributed by atoms with E-state index in [1.165, 1.54) is 0 Å². The lowest BCUT2D eigenvalue weighted by atomic mass is 9.80. The van der Waals surface area contributed by atoms with E-state index in [4.69, 9.17) is 34.9 Å². The number of methoxy groups -OCH3 is 2. The Morgan fingerprint density at radius 3 is 1.73 bits per heavy atom. The summed E-state index contributed by atoms with van der Waals surface area (Å²) >= 11 is 0. The second-order valence-corrected chi connectivity index (χ2v) is 13.2. The van der Waals surface area contributed by atoms with Gasteiger partial charge in [0.2, 0.25) is 0 Å². The van der Waals surface area contributed by atoms with Crippen molar-refractivity contribution >= 4 is 8.53 Å². The summed E-state index contributed by atoms with van der Waals surface area (Å²) in [6.07, 6.45) is 6.24. The molecule has 0 heterocycles. The molecule has 0 bridgehead atoms. The van der Waals surface area contributed by atoms with Crippen LogP contribution >= 0.6 is 8.53 Å². The van der Waals surface area contributed by atoms with Gasteiger partial charge in [-0.25, -0.2) is 4.67 Å². The van der Waals surface area contributed by atoms with Gasteiger partial charge in [0.1, 0.15) is 17.1 Å². The highest BCUT2D eigenvalue weighted by molar-refractivity contribution is 7.44. The number of hydrogen-bond donors (Lipinski definition) is 0. The van der Waals surface area contributed by atoms with Gasteiger partial charge in [-0.05, 0) is 91.9 Å². The molecule has 0 amide bonds. The minimum Gasteiger partial charge on any atom is -0.497 e. The Hall–Kier alpha value is -4.20. The molecular formula is C40H45N2O5P. The van der Waals surface area contributed by atoms with E-state index in [9.17, 15) is 0 Å². The van der Waals surface area contributed by atoms with Gasteiger partial charge in [0.15, 0.2) is 0 Å². The molecule has 0 fully saturated rings. The van der Waals surface area contributed by atoms with Crippen LogP contribution in [-0.4, -0.2) is 37.6 Å². The fraction of sp³-hybridized carbons (Fsp3) is 0.325. The summed E-state index contributed by atoms with van der Waals surface area (Å²) < 4.78 is 32.8. The Labute approximate surface area is 287 Å². The first-order valence-electron chi connectivity index (χ1n) is 16.0. The minimum atomic E-state index is -1.41. The smallest absolute Gasteiger partial charge is 0.259 e. The maximum Gasteiger partial charge on any atom is 0.259 e. The van der Waals surface area contributed by atoms with Crippen LogP contribution in [0.1, 0.15) is 67.5 Å². The lowest BCUT2D eigenvalue weighted by molar-refractivity contribution is 0.000138. The van der Waals surface area contributed by atoms with Gasteiger partial charge in [-0.3, -0.25) is 0 Å². The predicted molar refractivity (Wildman–Crippen MR) is 191 cm³/mol. The Morgan fingerprint density at radius 2 is 1.25 bits per heavy atom. The fourth-order valence-electron chi connectivity index (χ4n) is 5.72. The van der Waals surface area contributed by atoms with Crippen LogP contribution in [-0.2, 0) is 32.6 Å². The molecule has 4 aromatic rings. The SMILES string of the molecule is C#Cc1cc(COP(OCCC#N)N(C(C)C)C(C)C)cc(COC(c2ccccc2)(c2ccc(OC)cc2)c2ccc(OC)cc2)c1. The largest absolute Gasteiger partial charge is 0.497 e. The molecule has 4 rings (SSSR count). The van der Waals surface area contributed by atoms with Crippen LogP contribution in [0.25, 0.3) is 0 Å². The third-order valence-electron chi connectivity index (χ3n) is 7.85. The number of ether oxygens (including phenoxy) is 3. The lowest BCUT2D eigenvalue weighted by Gasteiger charge is -2.36. The summed E-state index contributed by atoms with van der Waals surface area (Å²) in [6, 6.07) is 34.7. The van der Waals surface area contributed by atoms with E-state index < -0.39 is 14.1 Å². The van der Waals surface area contributed by atoms with Gasteiger partial charge >= 0.3 is 0 Å². The average Bonchev–Trinajstić information content (AvgIpc) is 3.11. The summed E-state index contributed by atoms with van der Waals surface area (Å²) in [5.74, 6) is 4.32. The lowest BCUT2D eigenvalue weighted by Crippen LogP contribution is -2.33. The van der Waals surface area contributed by atoms with E-state index in [0.717, 1.165) is 44.9 Å². The number of rotatable bonds is 17. The van der Waals surface area contributed by atoms with E-state index in [2.05, 4.69) is 62.6 Å². The van der Waals surface area contributed by atoms with Crippen molar-refractivity contribution in [3.05, 3.63) is 130 Å². The number of nitriles is 1. The normalized spacial score (nSPS) is 12.1. The highest BCUT2D eigenvalue weighted by atomic mass is 31.2. The molecule has 250 valence electrons. The van der Waals surface area contributed by atoms with Crippen LogP contribution in [0.15, 0.2) is 97.1 Å². The Bertz CT molecular complexity index is 1610. The van der Waals surface area contributed by atoms with E-state index in [1.54, 1.807) is 14.2 Å². The number of hydrogen-bond acceptors (Lipinski definition) is 7. The van der Waals surface area contributed by atoms with E-state index >= 15 is 0 Å². The molecule has 1 unspecified atom stereocenters. The molecule has 48 heavy (non-hydrogen) atoms. The zero-order valence-corrected chi connectivity index (χ0v) is 29.6. The zero-order valence-electron chi connectivity index (χ0n) is 28.7. The molecule has 0 aliphatic rings. The van der Waals surface area contributed by atoms with Crippen LogP contribution < -0.4 is 9.47 Å².